The summed E-state index contributed by atoms with van der Waals surface area (Å²) in [5.41, 5.74) is 6.10. The standard InChI is InChI=1S/C11H11FN4O/c1-17-9-6-7(2-3-8(9)12)15-10-4-5-14-11(13)16-10/h2-6H,1H3,(H3,13,14,15,16). The number of nitrogens with one attached hydrogen (secondary N) is 1. The quantitative estimate of drug-likeness (QED) is 0.849. The average Bonchev–Trinajstić information content (AvgIpc) is 2.32. The molecular formula is C11H11FN4O. The lowest BCUT2D eigenvalue weighted by Gasteiger charge is -2.08. The maximum absolute atomic E-state index is 13.2. The molecule has 0 aliphatic heterocycles. The van der Waals surface area contributed by atoms with Gasteiger partial charge in [0.05, 0.1) is 7.11 Å². The van der Waals surface area contributed by atoms with Gasteiger partial charge in [-0.2, -0.15) is 4.98 Å². The molecule has 2 aromatic rings. The van der Waals surface area contributed by atoms with Crippen molar-refractivity contribution < 1.29 is 9.13 Å². The number of hydrogen-bond donors (Lipinski definition) is 2. The monoisotopic (exact) mass is 234 g/mol. The third kappa shape index (κ3) is 2.60. The lowest BCUT2D eigenvalue weighted by Crippen LogP contribution is -1.99. The van der Waals surface area contributed by atoms with Crippen LogP contribution in [0.5, 0.6) is 5.75 Å². The number of halogens is 1. The average molecular weight is 234 g/mol. The summed E-state index contributed by atoms with van der Waals surface area (Å²) in [6, 6.07) is 6.09. The Morgan fingerprint density at radius 1 is 1.35 bits per heavy atom. The summed E-state index contributed by atoms with van der Waals surface area (Å²) in [5, 5.41) is 2.97. The van der Waals surface area contributed by atoms with Crippen molar-refractivity contribution in [1.82, 2.24) is 9.97 Å². The Bertz CT molecular complexity index is 533. The minimum absolute atomic E-state index is 0.164. The van der Waals surface area contributed by atoms with E-state index in [1.54, 1.807) is 12.1 Å². The summed E-state index contributed by atoms with van der Waals surface area (Å²) >= 11 is 0. The van der Waals surface area contributed by atoms with Gasteiger partial charge < -0.3 is 15.8 Å². The summed E-state index contributed by atoms with van der Waals surface area (Å²) in [7, 11) is 1.41. The van der Waals surface area contributed by atoms with Crippen molar-refractivity contribution >= 4 is 17.5 Å². The molecule has 1 heterocycles. The van der Waals surface area contributed by atoms with Crippen molar-refractivity contribution in [2.45, 2.75) is 0 Å². The van der Waals surface area contributed by atoms with E-state index in [4.69, 9.17) is 10.5 Å². The first-order chi connectivity index (χ1) is 8.19. The Kier molecular flexibility index (Phi) is 3.04. The smallest absolute Gasteiger partial charge is 0.221 e. The zero-order chi connectivity index (χ0) is 12.3. The van der Waals surface area contributed by atoms with Gasteiger partial charge in [-0.3, -0.25) is 0 Å². The molecule has 0 atom stereocenters. The summed E-state index contributed by atoms with van der Waals surface area (Å²) in [6.45, 7) is 0. The Hall–Kier alpha value is -2.37. The molecule has 1 aromatic heterocycles. The van der Waals surface area contributed by atoms with Crippen LogP contribution in [0.25, 0.3) is 0 Å². The third-order valence-corrected chi connectivity index (χ3v) is 2.10. The van der Waals surface area contributed by atoms with Gasteiger partial charge in [0, 0.05) is 18.0 Å². The molecule has 0 radical (unpaired) electrons. The van der Waals surface area contributed by atoms with Crippen LogP contribution in [-0.2, 0) is 0 Å². The van der Waals surface area contributed by atoms with E-state index in [0.717, 1.165) is 0 Å². The Morgan fingerprint density at radius 3 is 2.88 bits per heavy atom. The number of ether oxygens (including phenoxy) is 1. The van der Waals surface area contributed by atoms with Gasteiger partial charge >= 0.3 is 0 Å². The van der Waals surface area contributed by atoms with Crippen LogP contribution < -0.4 is 15.8 Å². The normalized spacial score (nSPS) is 10.0. The molecule has 0 saturated carbocycles. The maximum Gasteiger partial charge on any atom is 0.221 e. The number of aromatic nitrogens is 2. The minimum atomic E-state index is -0.416. The number of nitrogens with two attached hydrogens (primary N) is 1. The van der Waals surface area contributed by atoms with Crippen LogP contribution in [0.3, 0.4) is 0 Å². The Morgan fingerprint density at radius 2 is 2.18 bits per heavy atom. The minimum Gasteiger partial charge on any atom is -0.494 e. The number of hydrogen-bond acceptors (Lipinski definition) is 5. The fraction of sp³-hybridized carbons (Fsp3) is 0.0909. The highest BCUT2D eigenvalue weighted by atomic mass is 19.1. The van der Waals surface area contributed by atoms with Crippen LogP contribution in [0.15, 0.2) is 30.5 Å². The van der Waals surface area contributed by atoms with Crippen LogP contribution in [0, 0.1) is 5.82 Å². The number of benzene rings is 1. The summed E-state index contributed by atoms with van der Waals surface area (Å²) < 4.78 is 18.0. The van der Waals surface area contributed by atoms with Gasteiger partial charge in [-0.15, -0.1) is 0 Å². The van der Waals surface area contributed by atoms with Crippen molar-refractivity contribution in [2.75, 3.05) is 18.2 Å². The van der Waals surface area contributed by atoms with Crippen LogP contribution in [0.2, 0.25) is 0 Å². The second-order valence-corrected chi connectivity index (χ2v) is 3.27. The molecule has 0 aliphatic carbocycles. The van der Waals surface area contributed by atoms with Crippen molar-refractivity contribution in [1.29, 1.82) is 0 Å². The van der Waals surface area contributed by atoms with Crippen molar-refractivity contribution in [3.8, 4) is 5.75 Å². The number of nitrogens with zero attached hydrogens (tertiary/aromatic N) is 2. The molecule has 0 amide bonds. The molecule has 0 bridgehead atoms. The topological polar surface area (TPSA) is 73.1 Å². The predicted molar refractivity (Wildman–Crippen MR) is 62.7 cm³/mol. The molecule has 0 fully saturated rings. The van der Waals surface area contributed by atoms with E-state index in [9.17, 15) is 4.39 Å². The van der Waals surface area contributed by atoms with Crippen LogP contribution in [0.4, 0.5) is 21.8 Å². The highest BCUT2D eigenvalue weighted by molar-refractivity contribution is 5.58. The van der Waals surface area contributed by atoms with E-state index in [2.05, 4.69) is 15.3 Å². The Labute approximate surface area is 97.5 Å². The first-order valence-electron chi connectivity index (χ1n) is 4.88. The maximum atomic E-state index is 13.2. The lowest BCUT2D eigenvalue weighted by atomic mass is 10.3. The molecule has 1 aromatic carbocycles. The van der Waals surface area contributed by atoms with E-state index in [0.29, 0.717) is 11.5 Å². The van der Waals surface area contributed by atoms with Crippen molar-refractivity contribution in [3.63, 3.8) is 0 Å². The van der Waals surface area contributed by atoms with Gasteiger partial charge in [-0.1, -0.05) is 0 Å². The van der Waals surface area contributed by atoms with E-state index in [-0.39, 0.29) is 11.7 Å². The first-order valence-corrected chi connectivity index (χ1v) is 4.88. The molecular weight excluding hydrogens is 223 g/mol. The predicted octanol–water partition coefficient (Wildman–Crippen LogP) is 1.95. The molecule has 0 spiro atoms. The fourth-order valence-corrected chi connectivity index (χ4v) is 1.33. The van der Waals surface area contributed by atoms with Crippen molar-refractivity contribution in [2.24, 2.45) is 0 Å². The summed E-state index contributed by atoms with van der Waals surface area (Å²) in [4.78, 5) is 7.74. The molecule has 0 saturated heterocycles. The summed E-state index contributed by atoms with van der Waals surface area (Å²) in [5.74, 6) is 0.451. The molecule has 5 nitrogen and oxygen atoms in total. The molecule has 6 heteroatoms. The second kappa shape index (κ2) is 4.65. The van der Waals surface area contributed by atoms with E-state index in [1.165, 1.54) is 25.4 Å². The Balaban J connectivity index is 2.24. The fourth-order valence-electron chi connectivity index (χ4n) is 1.33. The van der Waals surface area contributed by atoms with Gasteiger partial charge in [0.1, 0.15) is 5.82 Å². The van der Waals surface area contributed by atoms with Gasteiger partial charge in [-0.25, -0.2) is 9.37 Å². The molecule has 2 rings (SSSR count). The molecule has 3 N–H and O–H groups in total. The van der Waals surface area contributed by atoms with E-state index >= 15 is 0 Å². The van der Waals surface area contributed by atoms with Gasteiger partial charge in [-0.05, 0) is 18.2 Å². The number of rotatable bonds is 3. The lowest BCUT2D eigenvalue weighted by molar-refractivity contribution is 0.387. The highest BCUT2D eigenvalue weighted by Crippen LogP contribution is 2.23. The first kappa shape index (κ1) is 11.1. The molecule has 88 valence electrons. The molecule has 0 unspecified atom stereocenters. The number of anilines is 3. The second-order valence-electron chi connectivity index (χ2n) is 3.27. The van der Waals surface area contributed by atoms with Gasteiger partial charge in [0.2, 0.25) is 5.95 Å². The van der Waals surface area contributed by atoms with Gasteiger partial charge in [0.25, 0.3) is 0 Å². The third-order valence-electron chi connectivity index (χ3n) is 2.10. The summed E-state index contributed by atoms with van der Waals surface area (Å²) in [6.07, 6.45) is 1.53. The van der Waals surface area contributed by atoms with E-state index < -0.39 is 5.82 Å². The molecule has 0 aliphatic rings. The highest BCUT2D eigenvalue weighted by Gasteiger charge is 2.04. The van der Waals surface area contributed by atoms with Crippen LogP contribution in [-0.4, -0.2) is 17.1 Å². The SMILES string of the molecule is COc1cc(Nc2ccnc(N)n2)ccc1F. The van der Waals surface area contributed by atoms with Crippen molar-refractivity contribution in [3.05, 3.63) is 36.3 Å². The van der Waals surface area contributed by atoms with Gasteiger partial charge in [0.15, 0.2) is 11.6 Å². The zero-order valence-corrected chi connectivity index (χ0v) is 9.14. The van der Waals surface area contributed by atoms with Crippen LogP contribution in [0.1, 0.15) is 0 Å². The number of methoxy groups -OCH3 is 1. The zero-order valence-electron chi connectivity index (χ0n) is 9.14. The largest absolute Gasteiger partial charge is 0.494 e. The van der Waals surface area contributed by atoms with E-state index in [1.807, 2.05) is 0 Å². The number of nitrogen functional groups attached to an aromatic ring is 1. The molecule has 17 heavy (non-hydrogen) atoms. The van der Waals surface area contributed by atoms with Crippen LogP contribution >= 0.6 is 0 Å².